The van der Waals surface area contributed by atoms with Crippen molar-refractivity contribution in [1.82, 2.24) is 4.90 Å². The summed E-state index contributed by atoms with van der Waals surface area (Å²) >= 11 is 0. The van der Waals surface area contributed by atoms with Crippen molar-refractivity contribution in [3.63, 3.8) is 0 Å². The molecule has 6 nitrogen and oxygen atoms in total. The maximum absolute atomic E-state index is 12.9. The monoisotopic (exact) mass is 421 g/mol. The third kappa shape index (κ3) is 5.70. The number of esters is 1. The van der Waals surface area contributed by atoms with Crippen LogP contribution in [0.3, 0.4) is 0 Å². The lowest BCUT2D eigenvalue weighted by molar-refractivity contribution is -0.188. The van der Waals surface area contributed by atoms with E-state index in [9.17, 15) is 31.2 Å². The van der Waals surface area contributed by atoms with Gasteiger partial charge in [-0.3, -0.25) is 9.59 Å². The van der Waals surface area contributed by atoms with Gasteiger partial charge in [-0.25, -0.2) is 8.42 Å². The van der Waals surface area contributed by atoms with Crippen molar-refractivity contribution in [2.75, 3.05) is 12.9 Å². The number of sulfone groups is 1. The van der Waals surface area contributed by atoms with Crippen molar-refractivity contribution in [1.29, 1.82) is 0 Å². The first-order valence-corrected chi connectivity index (χ1v) is 10.5. The van der Waals surface area contributed by atoms with Crippen molar-refractivity contribution < 1.29 is 35.9 Å². The van der Waals surface area contributed by atoms with Crippen LogP contribution >= 0.6 is 0 Å². The van der Waals surface area contributed by atoms with Crippen LogP contribution in [0.2, 0.25) is 0 Å². The van der Waals surface area contributed by atoms with E-state index in [0.717, 1.165) is 24.9 Å². The minimum atomic E-state index is -4.96. The van der Waals surface area contributed by atoms with E-state index in [0.29, 0.717) is 18.4 Å². The molecule has 0 spiro atoms. The number of hydrogen-bond donors (Lipinski definition) is 0. The SMILES string of the molecule is COC(=O)CCS(=O)(=O)c1ccc(CN(C(=O)C(F)(F)F)C2CCCC2)cc1. The smallest absolute Gasteiger partial charge is 0.469 e. The van der Waals surface area contributed by atoms with Gasteiger partial charge in [-0.1, -0.05) is 25.0 Å². The van der Waals surface area contributed by atoms with Crippen LogP contribution in [0.5, 0.6) is 0 Å². The van der Waals surface area contributed by atoms with Crippen molar-refractivity contribution in [3.05, 3.63) is 29.8 Å². The number of hydrogen-bond acceptors (Lipinski definition) is 5. The molecular formula is C18H22F3NO5S. The zero-order valence-corrected chi connectivity index (χ0v) is 16.2. The van der Waals surface area contributed by atoms with Crippen molar-refractivity contribution >= 4 is 21.7 Å². The molecule has 10 heteroatoms. The average Bonchev–Trinajstić information content (AvgIpc) is 3.17. The molecule has 0 aliphatic heterocycles. The van der Waals surface area contributed by atoms with Crippen LogP contribution in [-0.4, -0.2) is 50.3 Å². The van der Waals surface area contributed by atoms with E-state index in [2.05, 4.69) is 4.74 Å². The quantitative estimate of drug-likeness (QED) is 0.633. The molecule has 0 unspecified atom stereocenters. The number of amides is 1. The molecule has 0 saturated heterocycles. The fourth-order valence-electron chi connectivity index (χ4n) is 3.18. The van der Waals surface area contributed by atoms with Gasteiger partial charge in [0, 0.05) is 12.6 Å². The number of methoxy groups -OCH3 is 1. The van der Waals surface area contributed by atoms with E-state index in [-0.39, 0.29) is 17.9 Å². The lowest BCUT2D eigenvalue weighted by Gasteiger charge is -2.29. The van der Waals surface area contributed by atoms with Gasteiger partial charge in [0.1, 0.15) is 0 Å². The molecule has 1 aromatic rings. The van der Waals surface area contributed by atoms with Crippen LogP contribution in [0.4, 0.5) is 13.2 Å². The Labute approximate surface area is 161 Å². The molecule has 0 atom stereocenters. The van der Waals surface area contributed by atoms with Crippen LogP contribution in [-0.2, 0) is 30.7 Å². The van der Waals surface area contributed by atoms with Crippen LogP contribution < -0.4 is 0 Å². The number of ether oxygens (including phenoxy) is 1. The Morgan fingerprint density at radius 2 is 1.71 bits per heavy atom. The molecular weight excluding hydrogens is 399 g/mol. The molecule has 1 amide bonds. The molecule has 1 aliphatic rings. The number of halogens is 3. The zero-order valence-electron chi connectivity index (χ0n) is 15.4. The van der Waals surface area contributed by atoms with Gasteiger partial charge in [0.15, 0.2) is 9.84 Å². The van der Waals surface area contributed by atoms with E-state index in [1.54, 1.807) is 0 Å². The molecule has 0 aromatic heterocycles. The topological polar surface area (TPSA) is 80.8 Å². The van der Waals surface area contributed by atoms with Crippen LogP contribution in [0.15, 0.2) is 29.2 Å². The maximum Gasteiger partial charge on any atom is 0.471 e. The third-order valence-electron chi connectivity index (χ3n) is 4.71. The number of carbonyl (C=O) groups is 2. The highest BCUT2D eigenvalue weighted by molar-refractivity contribution is 7.91. The summed E-state index contributed by atoms with van der Waals surface area (Å²) in [7, 11) is -2.57. The second-order valence-corrected chi connectivity index (χ2v) is 8.77. The predicted molar refractivity (Wildman–Crippen MR) is 94.0 cm³/mol. The molecule has 0 heterocycles. The second-order valence-electron chi connectivity index (χ2n) is 6.66. The Morgan fingerprint density at radius 3 is 2.21 bits per heavy atom. The average molecular weight is 421 g/mol. The van der Waals surface area contributed by atoms with Crippen LogP contribution in [0.25, 0.3) is 0 Å². The predicted octanol–water partition coefficient (Wildman–Crippen LogP) is 2.86. The Bertz CT molecular complexity index is 800. The van der Waals surface area contributed by atoms with Crippen LogP contribution in [0.1, 0.15) is 37.7 Å². The largest absolute Gasteiger partial charge is 0.471 e. The molecule has 1 aliphatic carbocycles. The molecule has 156 valence electrons. The van der Waals surface area contributed by atoms with Gasteiger partial charge in [-0.15, -0.1) is 0 Å². The van der Waals surface area contributed by atoms with Gasteiger partial charge >= 0.3 is 18.1 Å². The normalized spacial score (nSPS) is 15.4. The molecule has 0 bridgehead atoms. The van der Waals surface area contributed by atoms with E-state index in [4.69, 9.17) is 0 Å². The van der Waals surface area contributed by atoms with E-state index in [1.165, 1.54) is 24.3 Å². The summed E-state index contributed by atoms with van der Waals surface area (Å²) in [5.41, 5.74) is 0.399. The van der Waals surface area contributed by atoms with Crippen LogP contribution in [0, 0.1) is 0 Å². The lowest BCUT2D eigenvalue weighted by atomic mass is 10.1. The van der Waals surface area contributed by atoms with Crippen molar-refractivity contribution in [2.24, 2.45) is 0 Å². The number of alkyl halides is 3. The van der Waals surface area contributed by atoms with Gasteiger partial charge in [0.25, 0.3) is 0 Å². The highest BCUT2D eigenvalue weighted by Crippen LogP contribution is 2.29. The Balaban J connectivity index is 2.14. The van der Waals surface area contributed by atoms with Gasteiger partial charge in [-0.05, 0) is 30.5 Å². The fraction of sp³-hybridized carbons (Fsp3) is 0.556. The molecule has 1 saturated carbocycles. The summed E-state index contributed by atoms with van der Waals surface area (Å²) in [5, 5.41) is 0. The van der Waals surface area contributed by atoms with E-state index >= 15 is 0 Å². The summed E-state index contributed by atoms with van der Waals surface area (Å²) in [5.74, 6) is -2.97. The van der Waals surface area contributed by atoms with Crippen molar-refractivity contribution in [2.45, 2.75) is 55.8 Å². The minimum absolute atomic E-state index is 0.0466. The number of rotatable bonds is 7. The molecule has 2 rings (SSSR count). The standard InChI is InChI=1S/C18H22F3NO5S/c1-27-16(23)10-11-28(25,26)15-8-6-13(7-9-15)12-22(14-4-2-3-5-14)17(24)18(19,20)21/h6-9,14H,2-5,10-12H2,1H3. The van der Waals surface area contributed by atoms with E-state index < -0.39 is 39.7 Å². The first-order valence-electron chi connectivity index (χ1n) is 8.81. The third-order valence-corrected chi connectivity index (χ3v) is 6.44. The van der Waals surface area contributed by atoms with Crippen molar-refractivity contribution in [3.8, 4) is 0 Å². The fourth-order valence-corrected chi connectivity index (χ4v) is 4.40. The summed E-state index contributed by atoms with van der Waals surface area (Å²) in [4.78, 5) is 23.7. The van der Waals surface area contributed by atoms with E-state index in [1.807, 2.05) is 0 Å². The lowest BCUT2D eigenvalue weighted by Crippen LogP contribution is -2.45. The molecule has 28 heavy (non-hydrogen) atoms. The van der Waals surface area contributed by atoms with Gasteiger partial charge in [-0.2, -0.15) is 13.2 Å². The highest BCUT2D eigenvalue weighted by atomic mass is 32.2. The van der Waals surface area contributed by atoms with Gasteiger partial charge < -0.3 is 9.64 Å². The molecule has 0 N–H and O–H groups in total. The molecule has 1 aromatic carbocycles. The summed E-state index contributed by atoms with van der Waals surface area (Å²) in [6.45, 7) is -0.245. The Kier molecular flexibility index (Phi) is 7.08. The Hall–Kier alpha value is -2.10. The second kappa shape index (κ2) is 8.93. The summed E-state index contributed by atoms with van der Waals surface area (Å²) < 4.78 is 67.7. The number of nitrogens with zero attached hydrogens (tertiary/aromatic N) is 1. The summed E-state index contributed by atoms with van der Waals surface area (Å²) in [6, 6.07) is 4.84. The highest BCUT2D eigenvalue weighted by Gasteiger charge is 2.45. The Morgan fingerprint density at radius 1 is 1.14 bits per heavy atom. The van der Waals surface area contributed by atoms with Gasteiger partial charge in [0.2, 0.25) is 0 Å². The first kappa shape index (κ1) is 22.2. The molecule has 1 fully saturated rings. The number of benzene rings is 1. The number of carbonyl (C=O) groups excluding carboxylic acids is 2. The summed E-state index contributed by atoms with van der Waals surface area (Å²) in [6.07, 6.45) is -2.69. The molecule has 0 radical (unpaired) electrons. The zero-order chi connectivity index (χ0) is 20.9. The minimum Gasteiger partial charge on any atom is -0.469 e. The first-order chi connectivity index (χ1) is 13.0. The van der Waals surface area contributed by atoms with Gasteiger partial charge in [0.05, 0.1) is 24.2 Å². The maximum atomic E-state index is 12.9.